The molecule has 2 aliphatic heterocycles. The largest absolute Gasteiger partial charge is 0.474 e. The Morgan fingerprint density at radius 1 is 1.25 bits per heavy atom. The maximum atomic E-state index is 13.2. The van der Waals surface area contributed by atoms with E-state index < -0.39 is 5.60 Å². The summed E-state index contributed by atoms with van der Waals surface area (Å²) in [6.45, 7) is 0. The van der Waals surface area contributed by atoms with E-state index in [4.69, 9.17) is 14.7 Å². The van der Waals surface area contributed by atoms with Crippen molar-refractivity contribution < 1.29 is 18.7 Å². The Bertz CT molecular complexity index is 966. The van der Waals surface area contributed by atoms with Gasteiger partial charge in [0.25, 0.3) is 5.91 Å². The second kappa shape index (κ2) is 6.28. The minimum absolute atomic E-state index is 0.0112. The molecule has 2 saturated heterocycles. The van der Waals surface area contributed by atoms with Crippen molar-refractivity contribution >= 4 is 5.91 Å². The van der Waals surface area contributed by atoms with Crippen LogP contribution in [-0.2, 0) is 9.53 Å². The third-order valence-corrected chi connectivity index (χ3v) is 5.84. The Labute approximate surface area is 161 Å². The zero-order valence-electron chi connectivity index (χ0n) is 15.0. The number of ether oxygens (including phenoxy) is 2. The molecule has 1 amide bonds. The maximum Gasteiger partial charge on any atom is 0.257 e. The van der Waals surface area contributed by atoms with Crippen LogP contribution < -0.4 is 4.74 Å². The molecule has 0 radical (unpaired) electrons. The fourth-order valence-electron chi connectivity index (χ4n) is 4.47. The van der Waals surface area contributed by atoms with Crippen molar-refractivity contribution in [3.05, 3.63) is 59.5 Å². The molecule has 2 atom stereocenters. The fraction of sp³-hybridized carbons (Fsp3) is 0.381. The van der Waals surface area contributed by atoms with Gasteiger partial charge in [0.05, 0.1) is 17.7 Å². The number of halogens is 1. The van der Waals surface area contributed by atoms with Crippen molar-refractivity contribution in [2.24, 2.45) is 0 Å². The highest BCUT2D eigenvalue weighted by atomic mass is 19.1. The van der Waals surface area contributed by atoms with E-state index in [1.165, 1.54) is 18.3 Å². The van der Waals surface area contributed by atoms with Gasteiger partial charge >= 0.3 is 0 Å². The number of benzene rings is 1. The van der Waals surface area contributed by atoms with Gasteiger partial charge in [-0.25, -0.2) is 9.37 Å². The number of hydrogen-bond acceptors (Lipinski definition) is 5. The highest BCUT2D eigenvalue weighted by Crippen LogP contribution is 2.51. The molecular weight excluding hydrogens is 361 g/mol. The van der Waals surface area contributed by atoms with Gasteiger partial charge in [0.15, 0.2) is 5.60 Å². The quantitative estimate of drug-likeness (QED) is 0.819. The van der Waals surface area contributed by atoms with E-state index >= 15 is 0 Å². The molecule has 3 fully saturated rings. The first-order valence-corrected chi connectivity index (χ1v) is 9.37. The monoisotopic (exact) mass is 379 g/mol. The maximum absolute atomic E-state index is 13.2. The molecule has 142 valence electrons. The zero-order chi connectivity index (χ0) is 19.3. The molecule has 1 aromatic carbocycles. The smallest absolute Gasteiger partial charge is 0.257 e. The van der Waals surface area contributed by atoms with Gasteiger partial charge < -0.3 is 14.4 Å². The minimum Gasteiger partial charge on any atom is -0.474 e. The number of carbonyl (C=O) groups is 1. The van der Waals surface area contributed by atoms with E-state index in [9.17, 15) is 9.18 Å². The standard InChI is InChI=1S/C21H18FN3O3/c22-15-3-1-14(2-4-15)17-5-6-19-25(17)20(26)21(28-19)10-16(11-21)27-18-9-13(12-23)7-8-24-18/h1-4,7-9,16-17,19H,5-6,10-11H2/t16?,17-,19+,21?/m0/s1. The fourth-order valence-corrected chi connectivity index (χ4v) is 4.47. The first-order chi connectivity index (χ1) is 13.6. The second-order valence-corrected chi connectivity index (χ2v) is 7.57. The Kier molecular flexibility index (Phi) is 3.84. The average Bonchev–Trinajstić information content (AvgIpc) is 3.21. The van der Waals surface area contributed by atoms with Crippen molar-refractivity contribution in [3.8, 4) is 11.9 Å². The summed E-state index contributed by atoms with van der Waals surface area (Å²) in [4.78, 5) is 19.1. The van der Waals surface area contributed by atoms with Gasteiger partial charge in [-0.15, -0.1) is 0 Å². The van der Waals surface area contributed by atoms with Crippen LogP contribution in [0.1, 0.15) is 42.9 Å². The molecule has 2 aromatic rings. The first kappa shape index (κ1) is 17.1. The number of fused-ring (bicyclic) bond motifs is 1. The van der Waals surface area contributed by atoms with E-state index in [-0.39, 0.29) is 30.1 Å². The number of aromatic nitrogens is 1. The topological polar surface area (TPSA) is 75.5 Å². The number of pyridine rings is 1. The summed E-state index contributed by atoms with van der Waals surface area (Å²) in [7, 11) is 0. The predicted octanol–water partition coefficient (Wildman–Crippen LogP) is 3.09. The molecule has 1 saturated carbocycles. The summed E-state index contributed by atoms with van der Waals surface area (Å²) in [5, 5.41) is 8.97. The summed E-state index contributed by atoms with van der Waals surface area (Å²) < 4.78 is 25.2. The Hall–Kier alpha value is -2.98. The van der Waals surface area contributed by atoms with Gasteiger partial charge in [0.2, 0.25) is 5.88 Å². The third-order valence-electron chi connectivity index (χ3n) is 5.84. The highest BCUT2D eigenvalue weighted by Gasteiger charge is 2.63. The van der Waals surface area contributed by atoms with Crippen LogP contribution in [0.15, 0.2) is 42.6 Å². The van der Waals surface area contributed by atoms with Crippen LogP contribution in [0.5, 0.6) is 5.88 Å². The van der Waals surface area contributed by atoms with Crippen molar-refractivity contribution in [2.75, 3.05) is 0 Å². The van der Waals surface area contributed by atoms with Crippen LogP contribution in [0.4, 0.5) is 4.39 Å². The molecule has 1 aromatic heterocycles. The van der Waals surface area contributed by atoms with E-state index in [0.29, 0.717) is 24.3 Å². The summed E-state index contributed by atoms with van der Waals surface area (Å²) in [5.74, 6) is 0.0868. The van der Waals surface area contributed by atoms with Crippen LogP contribution in [0.25, 0.3) is 0 Å². The molecule has 0 unspecified atom stereocenters. The van der Waals surface area contributed by atoms with E-state index in [2.05, 4.69) is 11.1 Å². The van der Waals surface area contributed by atoms with Crippen LogP contribution in [-0.4, -0.2) is 33.7 Å². The number of amides is 1. The van der Waals surface area contributed by atoms with Crippen LogP contribution in [0, 0.1) is 17.1 Å². The molecule has 1 spiro atoms. The highest BCUT2D eigenvalue weighted by molar-refractivity contribution is 5.89. The SMILES string of the molecule is N#Cc1ccnc(OC2CC3(C2)O[C@@H]2CC[C@@H](c4ccc(F)cc4)N2C3=O)c1. The van der Waals surface area contributed by atoms with Crippen LogP contribution in [0.2, 0.25) is 0 Å². The predicted molar refractivity (Wildman–Crippen MR) is 95.4 cm³/mol. The third kappa shape index (κ3) is 2.64. The number of nitrogens with zero attached hydrogens (tertiary/aromatic N) is 3. The molecule has 7 heteroatoms. The second-order valence-electron chi connectivity index (χ2n) is 7.57. The van der Waals surface area contributed by atoms with Crippen LogP contribution in [0.3, 0.4) is 0 Å². The summed E-state index contributed by atoms with van der Waals surface area (Å²) in [5.41, 5.74) is 0.582. The number of hydrogen-bond donors (Lipinski definition) is 0. The summed E-state index contributed by atoms with van der Waals surface area (Å²) >= 11 is 0. The molecule has 3 aliphatic rings. The van der Waals surface area contributed by atoms with Gasteiger partial charge in [-0.05, 0) is 36.6 Å². The van der Waals surface area contributed by atoms with Crippen molar-refractivity contribution in [2.45, 2.75) is 49.7 Å². The molecule has 0 bridgehead atoms. The summed E-state index contributed by atoms with van der Waals surface area (Å²) in [6, 6.07) is 11.5. The van der Waals surface area contributed by atoms with Gasteiger partial charge in [-0.3, -0.25) is 4.79 Å². The molecule has 0 N–H and O–H groups in total. The number of rotatable bonds is 3. The lowest BCUT2D eigenvalue weighted by Gasteiger charge is -2.42. The summed E-state index contributed by atoms with van der Waals surface area (Å²) in [6.07, 6.45) is 3.64. The van der Waals surface area contributed by atoms with Crippen molar-refractivity contribution in [1.29, 1.82) is 5.26 Å². The molecule has 6 nitrogen and oxygen atoms in total. The van der Waals surface area contributed by atoms with Crippen molar-refractivity contribution in [1.82, 2.24) is 9.88 Å². The zero-order valence-corrected chi connectivity index (χ0v) is 15.0. The molecule has 3 heterocycles. The lowest BCUT2D eigenvalue weighted by Crippen LogP contribution is -2.56. The number of carbonyl (C=O) groups excluding carboxylic acids is 1. The van der Waals surface area contributed by atoms with Gasteiger partial charge in [0, 0.05) is 25.1 Å². The van der Waals surface area contributed by atoms with E-state index in [1.807, 2.05) is 4.90 Å². The Morgan fingerprint density at radius 3 is 2.79 bits per heavy atom. The molecule has 28 heavy (non-hydrogen) atoms. The average molecular weight is 379 g/mol. The number of nitriles is 1. The van der Waals surface area contributed by atoms with Crippen LogP contribution >= 0.6 is 0 Å². The van der Waals surface area contributed by atoms with E-state index in [1.54, 1.807) is 24.3 Å². The van der Waals surface area contributed by atoms with E-state index in [0.717, 1.165) is 18.4 Å². The minimum atomic E-state index is -0.832. The first-order valence-electron chi connectivity index (χ1n) is 9.37. The lowest BCUT2D eigenvalue weighted by molar-refractivity contribution is -0.162. The molecule has 5 rings (SSSR count). The Morgan fingerprint density at radius 2 is 2.04 bits per heavy atom. The van der Waals surface area contributed by atoms with Gasteiger partial charge in [0.1, 0.15) is 18.1 Å². The lowest BCUT2D eigenvalue weighted by atomic mass is 9.76. The molecule has 1 aliphatic carbocycles. The van der Waals surface area contributed by atoms with Gasteiger partial charge in [-0.1, -0.05) is 12.1 Å². The molecular formula is C21H18FN3O3. The normalized spacial score (nSPS) is 30.8. The van der Waals surface area contributed by atoms with Crippen molar-refractivity contribution in [3.63, 3.8) is 0 Å². The Balaban J connectivity index is 1.28. The van der Waals surface area contributed by atoms with Gasteiger partial charge in [-0.2, -0.15) is 5.26 Å².